The lowest BCUT2D eigenvalue weighted by molar-refractivity contribution is 0.419. The maximum Gasteiger partial charge on any atom is 0.0711 e. The van der Waals surface area contributed by atoms with Crippen LogP contribution in [0.15, 0.2) is 66.7 Å². The molecule has 1 heteroatoms. The van der Waals surface area contributed by atoms with Crippen molar-refractivity contribution in [2.24, 2.45) is 0 Å². The summed E-state index contributed by atoms with van der Waals surface area (Å²) in [6, 6.07) is 23.6. The van der Waals surface area contributed by atoms with Crippen LogP contribution in [0, 0.1) is 0 Å². The molecule has 1 heterocycles. The lowest BCUT2D eigenvalue weighted by Gasteiger charge is -2.33. The summed E-state index contributed by atoms with van der Waals surface area (Å²) in [5, 5.41) is 0. The van der Waals surface area contributed by atoms with Gasteiger partial charge in [0.05, 0.1) is 11.4 Å². The third kappa shape index (κ3) is 2.65. The van der Waals surface area contributed by atoms with Crippen LogP contribution in [0.3, 0.4) is 0 Å². The molecular weight excluding hydrogens is 290 g/mol. The molecule has 4 rings (SSSR count). The van der Waals surface area contributed by atoms with Crippen molar-refractivity contribution in [3.63, 3.8) is 0 Å². The highest BCUT2D eigenvalue weighted by Gasteiger charge is 2.31. The normalized spacial score (nSPS) is 15.8. The predicted octanol–water partition coefficient (Wildman–Crippen LogP) is 6.03. The average Bonchev–Trinajstić information content (AvgIpc) is 2.62. The Hall–Kier alpha value is -2.41. The quantitative estimate of drug-likeness (QED) is 0.563. The van der Waals surface area contributed by atoms with Gasteiger partial charge in [-0.2, -0.15) is 0 Å². The number of fused-ring (bicyclic) bond motifs is 1. The molecule has 0 saturated carbocycles. The van der Waals surface area contributed by atoms with E-state index < -0.39 is 0 Å². The highest BCUT2D eigenvalue weighted by atomic mass is 14.8. The van der Waals surface area contributed by atoms with E-state index in [2.05, 4.69) is 80.6 Å². The maximum atomic E-state index is 5.12. The van der Waals surface area contributed by atoms with Crippen LogP contribution in [-0.4, -0.2) is 4.98 Å². The number of rotatable bonds is 2. The minimum absolute atomic E-state index is 0.141. The van der Waals surface area contributed by atoms with Crippen molar-refractivity contribution in [3.8, 4) is 22.4 Å². The van der Waals surface area contributed by atoms with Crippen molar-refractivity contribution in [3.05, 3.63) is 78.0 Å². The van der Waals surface area contributed by atoms with Crippen molar-refractivity contribution in [1.82, 2.24) is 4.98 Å². The highest BCUT2D eigenvalue weighted by molar-refractivity contribution is 5.75. The van der Waals surface area contributed by atoms with E-state index in [1.165, 1.54) is 40.8 Å². The van der Waals surface area contributed by atoms with Crippen LogP contribution in [0.5, 0.6) is 0 Å². The summed E-state index contributed by atoms with van der Waals surface area (Å²) >= 11 is 0. The molecule has 1 aliphatic carbocycles. The third-order valence-electron chi connectivity index (χ3n) is 5.15. The topological polar surface area (TPSA) is 12.9 Å². The molecule has 0 amide bonds. The SMILES string of the molecule is CC1(C)CCCc2c(-c3ccccc3)cc(-c3ccccc3)nc21. The molecule has 0 N–H and O–H groups in total. The van der Waals surface area contributed by atoms with Crippen LogP contribution in [-0.2, 0) is 11.8 Å². The Bertz CT molecular complexity index is 848. The fraction of sp³-hybridized carbons (Fsp3) is 0.261. The van der Waals surface area contributed by atoms with Gasteiger partial charge < -0.3 is 0 Å². The van der Waals surface area contributed by atoms with Crippen molar-refractivity contribution in [2.45, 2.75) is 38.5 Å². The Morgan fingerprint density at radius 2 is 1.46 bits per heavy atom. The van der Waals surface area contributed by atoms with E-state index in [1.807, 2.05) is 0 Å². The second kappa shape index (κ2) is 5.90. The number of hydrogen-bond acceptors (Lipinski definition) is 1. The van der Waals surface area contributed by atoms with Gasteiger partial charge in [-0.15, -0.1) is 0 Å². The van der Waals surface area contributed by atoms with Crippen LogP contribution in [0.25, 0.3) is 22.4 Å². The summed E-state index contributed by atoms with van der Waals surface area (Å²) in [5.41, 5.74) is 7.80. The van der Waals surface area contributed by atoms with Gasteiger partial charge in [-0.25, -0.2) is 0 Å². The molecule has 3 aromatic rings. The average molecular weight is 313 g/mol. The summed E-state index contributed by atoms with van der Waals surface area (Å²) < 4.78 is 0. The molecule has 0 bridgehead atoms. The molecule has 0 saturated heterocycles. The van der Waals surface area contributed by atoms with Crippen molar-refractivity contribution >= 4 is 0 Å². The molecule has 24 heavy (non-hydrogen) atoms. The summed E-state index contributed by atoms with van der Waals surface area (Å²) in [6.07, 6.45) is 3.58. The predicted molar refractivity (Wildman–Crippen MR) is 101 cm³/mol. The fourth-order valence-electron chi connectivity index (χ4n) is 3.84. The zero-order valence-electron chi connectivity index (χ0n) is 14.4. The van der Waals surface area contributed by atoms with E-state index in [1.54, 1.807) is 0 Å². The van der Waals surface area contributed by atoms with Gasteiger partial charge >= 0.3 is 0 Å². The molecule has 120 valence electrons. The maximum absolute atomic E-state index is 5.12. The number of hydrogen-bond donors (Lipinski definition) is 0. The van der Waals surface area contributed by atoms with Crippen LogP contribution in [0.1, 0.15) is 37.9 Å². The molecular formula is C23H23N. The summed E-state index contributed by atoms with van der Waals surface area (Å²) in [4.78, 5) is 5.12. The monoisotopic (exact) mass is 313 g/mol. The second-order valence-corrected chi connectivity index (χ2v) is 7.35. The number of pyridine rings is 1. The number of nitrogens with zero attached hydrogens (tertiary/aromatic N) is 1. The molecule has 2 aromatic carbocycles. The molecule has 1 aliphatic rings. The van der Waals surface area contributed by atoms with Crippen molar-refractivity contribution in [2.75, 3.05) is 0 Å². The zero-order chi connectivity index (χ0) is 16.6. The first-order valence-corrected chi connectivity index (χ1v) is 8.80. The fourth-order valence-corrected chi connectivity index (χ4v) is 3.84. The Morgan fingerprint density at radius 1 is 0.833 bits per heavy atom. The zero-order valence-corrected chi connectivity index (χ0v) is 14.4. The van der Waals surface area contributed by atoms with Crippen molar-refractivity contribution < 1.29 is 0 Å². The Labute approximate surface area is 144 Å². The van der Waals surface area contributed by atoms with Gasteiger partial charge in [0.25, 0.3) is 0 Å². The summed E-state index contributed by atoms with van der Waals surface area (Å²) in [6.45, 7) is 4.67. The van der Waals surface area contributed by atoms with E-state index in [4.69, 9.17) is 4.98 Å². The molecule has 0 radical (unpaired) electrons. The van der Waals surface area contributed by atoms with Gasteiger partial charge in [-0.1, -0.05) is 74.5 Å². The van der Waals surface area contributed by atoms with Crippen LogP contribution in [0.2, 0.25) is 0 Å². The van der Waals surface area contributed by atoms with Crippen molar-refractivity contribution in [1.29, 1.82) is 0 Å². The molecule has 0 fully saturated rings. The van der Waals surface area contributed by atoms with E-state index in [-0.39, 0.29) is 5.41 Å². The van der Waals surface area contributed by atoms with Gasteiger partial charge in [-0.3, -0.25) is 4.98 Å². The van der Waals surface area contributed by atoms with Crippen LogP contribution < -0.4 is 0 Å². The van der Waals surface area contributed by atoms with E-state index in [0.717, 1.165) is 12.1 Å². The standard InChI is InChI=1S/C23H23N/c1-23(2)15-9-14-19-20(17-10-5-3-6-11-17)16-21(24-22(19)23)18-12-7-4-8-13-18/h3-8,10-13,16H,9,14-15H2,1-2H3. The van der Waals surface area contributed by atoms with Crippen LogP contribution in [0.4, 0.5) is 0 Å². The van der Waals surface area contributed by atoms with E-state index >= 15 is 0 Å². The summed E-state index contributed by atoms with van der Waals surface area (Å²) in [5.74, 6) is 0. The Balaban J connectivity index is 1.99. The highest BCUT2D eigenvalue weighted by Crippen LogP contribution is 2.41. The molecule has 0 spiro atoms. The van der Waals surface area contributed by atoms with Gasteiger partial charge in [0.2, 0.25) is 0 Å². The molecule has 0 atom stereocenters. The lowest BCUT2D eigenvalue weighted by Crippen LogP contribution is -2.26. The molecule has 1 nitrogen and oxygen atoms in total. The Kier molecular flexibility index (Phi) is 3.72. The molecule has 1 aromatic heterocycles. The first kappa shape index (κ1) is 15.1. The van der Waals surface area contributed by atoms with Crippen LogP contribution >= 0.6 is 0 Å². The number of aromatic nitrogens is 1. The second-order valence-electron chi connectivity index (χ2n) is 7.35. The molecule has 0 unspecified atom stereocenters. The van der Waals surface area contributed by atoms with Gasteiger partial charge in [0, 0.05) is 11.0 Å². The first-order chi connectivity index (χ1) is 11.6. The van der Waals surface area contributed by atoms with E-state index in [9.17, 15) is 0 Å². The number of benzene rings is 2. The smallest absolute Gasteiger partial charge is 0.0711 e. The Morgan fingerprint density at radius 3 is 2.12 bits per heavy atom. The van der Waals surface area contributed by atoms with Gasteiger partial charge in [-0.05, 0) is 42.0 Å². The van der Waals surface area contributed by atoms with E-state index in [0.29, 0.717) is 0 Å². The summed E-state index contributed by atoms with van der Waals surface area (Å²) in [7, 11) is 0. The first-order valence-electron chi connectivity index (χ1n) is 8.80. The minimum Gasteiger partial charge on any atom is -0.252 e. The molecule has 0 aliphatic heterocycles. The van der Waals surface area contributed by atoms with Gasteiger partial charge in [0.15, 0.2) is 0 Å². The third-order valence-corrected chi connectivity index (χ3v) is 5.15. The minimum atomic E-state index is 0.141. The lowest BCUT2D eigenvalue weighted by atomic mass is 9.74. The van der Waals surface area contributed by atoms with Gasteiger partial charge in [0.1, 0.15) is 0 Å². The largest absolute Gasteiger partial charge is 0.252 e.